The van der Waals surface area contributed by atoms with Gasteiger partial charge in [-0.05, 0) is 55.6 Å². The Labute approximate surface area is 186 Å². The molecule has 0 bridgehead atoms. The fourth-order valence-corrected chi connectivity index (χ4v) is 5.94. The van der Waals surface area contributed by atoms with E-state index in [0.717, 1.165) is 54.1 Å². The first-order valence-electron chi connectivity index (χ1n) is 10.2. The average Bonchev–Trinajstić information content (AvgIpc) is 3.40. The summed E-state index contributed by atoms with van der Waals surface area (Å²) >= 11 is 3.54. The minimum absolute atomic E-state index is 0.00684. The molecule has 2 aliphatic heterocycles. The van der Waals surface area contributed by atoms with E-state index >= 15 is 0 Å². The maximum absolute atomic E-state index is 12.9. The number of fused-ring (bicyclic) bond motifs is 2. The summed E-state index contributed by atoms with van der Waals surface area (Å²) in [6.07, 6.45) is 9.29. The molecular weight excluding hydrogens is 466 g/mol. The summed E-state index contributed by atoms with van der Waals surface area (Å²) in [4.78, 5) is 11.3. The van der Waals surface area contributed by atoms with Gasteiger partial charge in [0, 0.05) is 31.2 Å². The lowest BCUT2D eigenvalue weighted by Gasteiger charge is -2.43. The van der Waals surface area contributed by atoms with Crippen LogP contribution in [0, 0.1) is 5.41 Å². The number of piperidine rings is 1. The standard InChI is InChI=1S/C20H26BrN7OS/c1-19(2,3)30(29)25-17-14-4-7-24-28(14)12-20(17)5-8-26(9-6-20)18-15-10-22-13-27(15)16(21)11-23-18/h4,7,10-11,13,17,25H,5-6,8-9,12H2,1-3H3/t17-,30+/m1/s1. The van der Waals surface area contributed by atoms with Crippen molar-refractivity contribution in [3.63, 3.8) is 0 Å². The van der Waals surface area contributed by atoms with Gasteiger partial charge < -0.3 is 4.90 Å². The molecule has 0 radical (unpaired) electrons. The predicted octanol–water partition coefficient (Wildman–Crippen LogP) is 3.08. The second-order valence-electron chi connectivity index (χ2n) is 9.25. The highest BCUT2D eigenvalue weighted by molar-refractivity contribution is 9.10. The van der Waals surface area contributed by atoms with Gasteiger partial charge in [0.1, 0.15) is 16.4 Å². The number of hydrogen-bond acceptors (Lipinski definition) is 5. The molecule has 5 rings (SSSR count). The SMILES string of the molecule is CC(C)(C)[S@](=O)N[C@@H]1c2ccnn2CC12CCN(c1ncc(Br)n3cncc13)CC2. The van der Waals surface area contributed by atoms with Gasteiger partial charge in [-0.3, -0.25) is 9.08 Å². The number of imidazole rings is 1. The second-order valence-corrected chi connectivity index (χ2v) is 12.1. The zero-order valence-electron chi connectivity index (χ0n) is 17.4. The molecule has 1 spiro atoms. The molecular formula is C20H26BrN7OS. The van der Waals surface area contributed by atoms with Gasteiger partial charge in [0.05, 0.1) is 39.9 Å². The summed E-state index contributed by atoms with van der Waals surface area (Å²) in [5.74, 6) is 0.962. The van der Waals surface area contributed by atoms with Crippen molar-refractivity contribution >= 4 is 38.3 Å². The van der Waals surface area contributed by atoms with Crippen LogP contribution < -0.4 is 9.62 Å². The Morgan fingerprint density at radius 1 is 1.27 bits per heavy atom. The lowest BCUT2D eigenvalue weighted by Crippen LogP contribution is -2.48. The average molecular weight is 492 g/mol. The third kappa shape index (κ3) is 3.20. The van der Waals surface area contributed by atoms with Crippen LogP contribution in [0.4, 0.5) is 5.82 Å². The Kier molecular flexibility index (Phi) is 4.79. The van der Waals surface area contributed by atoms with Crippen LogP contribution in [-0.4, -0.2) is 46.2 Å². The lowest BCUT2D eigenvalue weighted by molar-refractivity contribution is 0.161. The normalized spacial score (nSPS) is 22.0. The molecule has 0 unspecified atom stereocenters. The van der Waals surface area contributed by atoms with Crippen molar-refractivity contribution in [2.45, 2.75) is 50.9 Å². The zero-order valence-corrected chi connectivity index (χ0v) is 19.8. The van der Waals surface area contributed by atoms with Crippen LogP contribution in [0.2, 0.25) is 0 Å². The third-order valence-corrected chi connectivity index (χ3v) is 8.50. The van der Waals surface area contributed by atoms with Gasteiger partial charge in [0.25, 0.3) is 0 Å². The van der Waals surface area contributed by atoms with Gasteiger partial charge in [-0.1, -0.05) is 0 Å². The number of hydrogen-bond donors (Lipinski definition) is 1. The van der Waals surface area contributed by atoms with Crippen LogP contribution in [0.15, 0.2) is 35.6 Å². The van der Waals surface area contributed by atoms with Crippen LogP contribution in [0.5, 0.6) is 0 Å². The number of halogens is 1. The van der Waals surface area contributed by atoms with E-state index in [2.05, 4.69) is 51.4 Å². The van der Waals surface area contributed by atoms with E-state index in [1.165, 1.54) is 0 Å². The fourth-order valence-electron chi connectivity index (χ4n) is 4.62. The summed E-state index contributed by atoms with van der Waals surface area (Å²) in [6.45, 7) is 8.66. The predicted molar refractivity (Wildman–Crippen MR) is 121 cm³/mol. The Morgan fingerprint density at radius 2 is 2.03 bits per heavy atom. The molecule has 5 heterocycles. The number of anilines is 1. The van der Waals surface area contributed by atoms with Crippen molar-refractivity contribution in [3.05, 3.63) is 41.3 Å². The topological polar surface area (TPSA) is 80.4 Å². The number of rotatable bonds is 3. The molecule has 160 valence electrons. The highest BCUT2D eigenvalue weighted by Crippen LogP contribution is 2.50. The van der Waals surface area contributed by atoms with Gasteiger partial charge in [-0.15, -0.1) is 0 Å². The summed E-state index contributed by atoms with van der Waals surface area (Å²) < 4.78 is 21.1. The molecule has 0 saturated carbocycles. The van der Waals surface area contributed by atoms with E-state index in [1.54, 1.807) is 6.33 Å². The summed E-state index contributed by atoms with van der Waals surface area (Å²) in [5.41, 5.74) is 2.15. The number of nitrogens with zero attached hydrogens (tertiary/aromatic N) is 6. The van der Waals surface area contributed by atoms with Crippen molar-refractivity contribution in [2.24, 2.45) is 5.41 Å². The molecule has 1 fully saturated rings. The second kappa shape index (κ2) is 7.13. The first kappa shape index (κ1) is 20.1. The largest absolute Gasteiger partial charge is 0.355 e. The van der Waals surface area contributed by atoms with Crippen molar-refractivity contribution in [1.82, 2.24) is 28.9 Å². The van der Waals surface area contributed by atoms with E-state index in [4.69, 9.17) is 0 Å². The van der Waals surface area contributed by atoms with Gasteiger partial charge >= 0.3 is 0 Å². The molecule has 2 atom stereocenters. The van der Waals surface area contributed by atoms with Crippen molar-refractivity contribution in [1.29, 1.82) is 0 Å². The Balaban J connectivity index is 1.41. The van der Waals surface area contributed by atoms with E-state index in [1.807, 2.05) is 43.8 Å². The van der Waals surface area contributed by atoms with E-state index < -0.39 is 11.0 Å². The molecule has 30 heavy (non-hydrogen) atoms. The molecule has 1 saturated heterocycles. The summed E-state index contributed by atoms with van der Waals surface area (Å²) in [5, 5.41) is 4.52. The van der Waals surface area contributed by atoms with E-state index in [9.17, 15) is 4.21 Å². The lowest BCUT2D eigenvalue weighted by atomic mass is 9.73. The molecule has 10 heteroatoms. The van der Waals surface area contributed by atoms with Crippen LogP contribution in [-0.2, 0) is 17.5 Å². The van der Waals surface area contributed by atoms with Crippen molar-refractivity contribution < 1.29 is 4.21 Å². The third-order valence-electron chi connectivity index (χ3n) is 6.35. The molecule has 8 nitrogen and oxygen atoms in total. The maximum atomic E-state index is 12.9. The van der Waals surface area contributed by atoms with Crippen molar-refractivity contribution in [3.8, 4) is 0 Å². The minimum atomic E-state index is -1.14. The first-order chi connectivity index (χ1) is 14.3. The quantitative estimate of drug-likeness (QED) is 0.608. The van der Waals surface area contributed by atoms with Gasteiger partial charge in [0.15, 0.2) is 5.82 Å². The molecule has 1 N–H and O–H groups in total. The molecule has 0 aliphatic carbocycles. The first-order valence-corrected chi connectivity index (χ1v) is 12.1. The minimum Gasteiger partial charge on any atom is -0.355 e. The van der Waals surface area contributed by atoms with Gasteiger partial charge in [0.2, 0.25) is 0 Å². The Morgan fingerprint density at radius 3 is 2.77 bits per heavy atom. The van der Waals surface area contributed by atoms with Crippen LogP contribution in [0.1, 0.15) is 45.3 Å². The Hall–Kier alpha value is -1.78. The number of aromatic nitrogens is 5. The smallest absolute Gasteiger partial charge is 0.154 e. The van der Waals surface area contributed by atoms with E-state index in [0.29, 0.717) is 0 Å². The highest BCUT2D eigenvalue weighted by Gasteiger charge is 2.50. The van der Waals surface area contributed by atoms with Crippen LogP contribution >= 0.6 is 15.9 Å². The molecule has 2 aliphatic rings. The summed E-state index contributed by atoms with van der Waals surface area (Å²) in [7, 11) is -1.14. The zero-order chi connectivity index (χ0) is 21.1. The molecule has 0 aromatic carbocycles. The molecule has 3 aromatic rings. The number of nitrogens with one attached hydrogen (secondary N) is 1. The Bertz CT molecular complexity index is 1110. The highest BCUT2D eigenvalue weighted by atomic mass is 79.9. The van der Waals surface area contributed by atoms with Gasteiger partial charge in [-0.2, -0.15) is 5.10 Å². The summed E-state index contributed by atoms with van der Waals surface area (Å²) in [6, 6.07) is 2.10. The van der Waals surface area contributed by atoms with E-state index in [-0.39, 0.29) is 16.2 Å². The maximum Gasteiger partial charge on any atom is 0.154 e. The molecule has 3 aromatic heterocycles. The van der Waals surface area contributed by atoms with Crippen LogP contribution in [0.3, 0.4) is 0 Å². The van der Waals surface area contributed by atoms with Gasteiger partial charge in [-0.25, -0.2) is 18.9 Å². The molecule has 0 amide bonds. The monoisotopic (exact) mass is 491 g/mol. The fraction of sp³-hybridized carbons (Fsp3) is 0.550. The van der Waals surface area contributed by atoms with Crippen molar-refractivity contribution in [2.75, 3.05) is 18.0 Å². The van der Waals surface area contributed by atoms with Crippen LogP contribution in [0.25, 0.3) is 5.52 Å².